The highest BCUT2D eigenvalue weighted by Crippen LogP contribution is 2.40. The smallest absolute Gasteiger partial charge is 0.234 e. The number of fused-ring (bicyclic) bond motifs is 1. The minimum Gasteiger partial charge on any atom is -0.507 e. The number of benzene rings is 1. The molecule has 3 aromatic rings. The van der Waals surface area contributed by atoms with E-state index in [1.165, 1.54) is 11.3 Å². The fraction of sp³-hybridized carbons (Fsp3) is 0.250. The lowest BCUT2D eigenvalue weighted by Crippen LogP contribution is -1.93. The van der Waals surface area contributed by atoms with Crippen molar-refractivity contribution < 1.29 is 5.11 Å². The molecule has 0 aliphatic heterocycles. The van der Waals surface area contributed by atoms with Gasteiger partial charge in [-0.25, -0.2) is 0 Å². The third kappa shape index (κ3) is 1.84. The molecule has 96 valence electrons. The molecule has 7 heteroatoms. The molecule has 1 aromatic carbocycles. The van der Waals surface area contributed by atoms with Crippen molar-refractivity contribution in [2.45, 2.75) is 18.8 Å². The molecular formula is C12H9BrN4OS. The standard InChI is InChI=1S/C12H9BrN4OS/c13-7-3-4-9(18)8(5-7)11-16-17-10(6-1-2-6)14-15-12(17)19-11/h3-6,18H,1-2H2. The van der Waals surface area contributed by atoms with E-state index in [1.807, 2.05) is 6.07 Å². The second-order valence-electron chi connectivity index (χ2n) is 4.60. The molecule has 0 radical (unpaired) electrons. The van der Waals surface area contributed by atoms with Gasteiger partial charge in [0.1, 0.15) is 5.75 Å². The third-order valence-corrected chi connectivity index (χ3v) is 4.57. The predicted molar refractivity (Wildman–Crippen MR) is 75.4 cm³/mol. The molecule has 1 aliphatic carbocycles. The maximum Gasteiger partial charge on any atom is 0.234 e. The number of phenols is 1. The first kappa shape index (κ1) is 11.4. The Hall–Kier alpha value is -1.47. The van der Waals surface area contributed by atoms with Crippen LogP contribution in [0.15, 0.2) is 22.7 Å². The number of hydrogen-bond acceptors (Lipinski definition) is 5. The van der Waals surface area contributed by atoms with Gasteiger partial charge < -0.3 is 5.11 Å². The van der Waals surface area contributed by atoms with Crippen molar-refractivity contribution in [2.24, 2.45) is 0 Å². The lowest BCUT2D eigenvalue weighted by Gasteiger charge is -2.00. The van der Waals surface area contributed by atoms with E-state index in [0.717, 1.165) is 33.1 Å². The Morgan fingerprint density at radius 2 is 2.16 bits per heavy atom. The summed E-state index contributed by atoms with van der Waals surface area (Å²) in [6.07, 6.45) is 2.32. The van der Waals surface area contributed by atoms with E-state index in [-0.39, 0.29) is 5.75 Å². The Kier molecular flexibility index (Phi) is 2.40. The number of hydrogen-bond donors (Lipinski definition) is 1. The average molecular weight is 337 g/mol. The van der Waals surface area contributed by atoms with Crippen molar-refractivity contribution in [3.8, 4) is 16.3 Å². The lowest BCUT2D eigenvalue weighted by atomic mass is 10.2. The predicted octanol–water partition coefficient (Wildman–Crippen LogP) is 3.20. The van der Waals surface area contributed by atoms with E-state index in [4.69, 9.17) is 0 Å². The van der Waals surface area contributed by atoms with E-state index in [9.17, 15) is 5.11 Å². The van der Waals surface area contributed by atoms with Crippen molar-refractivity contribution in [1.82, 2.24) is 19.8 Å². The molecule has 2 aromatic heterocycles. The van der Waals surface area contributed by atoms with Crippen LogP contribution in [0.1, 0.15) is 24.6 Å². The average Bonchev–Trinajstić information content (AvgIpc) is 3.01. The molecule has 5 nitrogen and oxygen atoms in total. The van der Waals surface area contributed by atoms with E-state index in [1.54, 1.807) is 16.6 Å². The first-order valence-corrected chi connectivity index (χ1v) is 7.54. The summed E-state index contributed by atoms with van der Waals surface area (Å²) in [7, 11) is 0. The number of rotatable bonds is 2. The van der Waals surface area contributed by atoms with E-state index in [0.29, 0.717) is 11.5 Å². The van der Waals surface area contributed by atoms with Crippen LogP contribution in [0.2, 0.25) is 0 Å². The summed E-state index contributed by atoms with van der Waals surface area (Å²) in [4.78, 5) is 0.774. The molecule has 2 heterocycles. The minimum atomic E-state index is 0.223. The summed E-state index contributed by atoms with van der Waals surface area (Å²) in [6, 6.07) is 5.32. The Morgan fingerprint density at radius 1 is 1.32 bits per heavy atom. The van der Waals surface area contributed by atoms with Crippen LogP contribution in [0.3, 0.4) is 0 Å². The number of phenolic OH excluding ortho intramolecular Hbond substituents is 1. The van der Waals surface area contributed by atoms with Gasteiger partial charge in [0.2, 0.25) is 4.96 Å². The minimum absolute atomic E-state index is 0.223. The fourth-order valence-corrected chi connectivity index (χ4v) is 3.25. The Bertz CT molecular complexity index is 777. The van der Waals surface area contributed by atoms with Crippen molar-refractivity contribution in [3.63, 3.8) is 0 Å². The topological polar surface area (TPSA) is 63.3 Å². The number of aromatic nitrogens is 4. The van der Waals surface area contributed by atoms with Crippen LogP contribution in [-0.4, -0.2) is 24.9 Å². The first-order valence-electron chi connectivity index (χ1n) is 5.93. The maximum atomic E-state index is 9.94. The first-order chi connectivity index (χ1) is 9.22. The summed E-state index contributed by atoms with van der Waals surface area (Å²) in [5, 5.41) is 23.6. The van der Waals surface area contributed by atoms with Gasteiger partial charge in [-0.1, -0.05) is 27.3 Å². The highest BCUT2D eigenvalue weighted by molar-refractivity contribution is 9.10. The van der Waals surface area contributed by atoms with Gasteiger partial charge in [-0.2, -0.15) is 9.61 Å². The fourth-order valence-electron chi connectivity index (χ4n) is 2.02. The summed E-state index contributed by atoms with van der Waals surface area (Å²) in [6.45, 7) is 0. The van der Waals surface area contributed by atoms with Gasteiger partial charge in [0.25, 0.3) is 0 Å². The molecule has 1 aliphatic rings. The molecule has 0 saturated heterocycles. The zero-order chi connectivity index (χ0) is 13.0. The largest absolute Gasteiger partial charge is 0.507 e. The van der Waals surface area contributed by atoms with Crippen molar-refractivity contribution in [2.75, 3.05) is 0 Å². The second-order valence-corrected chi connectivity index (χ2v) is 6.47. The van der Waals surface area contributed by atoms with E-state index in [2.05, 4.69) is 31.2 Å². The van der Waals surface area contributed by atoms with Gasteiger partial charge in [0.05, 0.1) is 5.56 Å². The van der Waals surface area contributed by atoms with E-state index >= 15 is 0 Å². The van der Waals surface area contributed by atoms with Crippen LogP contribution in [0.4, 0.5) is 0 Å². The molecule has 1 fully saturated rings. The number of nitrogens with zero attached hydrogens (tertiary/aromatic N) is 4. The van der Waals surface area contributed by atoms with Crippen LogP contribution in [0.5, 0.6) is 5.75 Å². The summed E-state index contributed by atoms with van der Waals surface area (Å²) in [5.74, 6) is 1.66. The summed E-state index contributed by atoms with van der Waals surface area (Å²) < 4.78 is 2.71. The number of aromatic hydroxyl groups is 1. The van der Waals surface area contributed by atoms with Crippen LogP contribution >= 0.6 is 27.3 Å². The zero-order valence-corrected chi connectivity index (χ0v) is 12.1. The molecule has 0 amide bonds. The van der Waals surface area contributed by atoms with Gasteiger partial charge in [0.15, 0.2) is 10.8 Å². The van der Waals surface area contributed by atoms with Crippen molar-refractivity contribution in [1.29, 1.82) is 0 Å². The molecule has 1 N–H and O–H groups in total. The van der Waals surface area contributed by atoms with Crippen LogP contribution in [0, 0.1) is 0 Å². The van der Waals surface area contributed by atoms with Crippen LogP contribution in [0.25, 0.3) is 15.5 Å². The Labute approximate surface area is 121 Å². The third-order valence-electron chi connectivity index (χ3n) is 3.15. The highest BCUT2D eigenvalue weighted by atomic mass is 79.9. The van der Waals surface area contributed by atoms with Gasteiger partial charge in [-0.05, 0) is 31.0 Å². The quantitative estimate of drug-likeness (QED) is 0.780. The molecule has 0 unspecified atom stereocenters. The number of halogens is 1. The summed E-state index contributed by atoms with van der Waals surface area (Å²) in [5.41, 5.74) is 0.714. The molecule has 4 rings (SSSR count). The molecule has 0 bridgehead atoms. The van der Waals surface area contributed by atoms with Gasteiger partial charge in [-0.15, -0.1) is 10.2 Å². The second kappa shape index (κ2) is 4.01. The van der Waals surface area contributed by atoms with Gasteiger partial charge in [0, 0.05) is 10.4 Å². The molecule has 1 saturated carbocycles. The Morgan fingerprint density at radius 3 is 2.95 bits per heavy atom. The normalized spacial score (nSPS) is 15.2. The molecule has 19 heavy (non-hydrogen) atoms. The molecular weight excluding hydrogens is 328 g/mol. The van der Waals surface area contributed by atoms with Crippen molar-refractivity contribution >= 4 is 32.2 Å². The maximum absolute atomic E-state index is 9.94. The Balaban J connectivity index is 1.88. The van der Waals surface area contributed by atoms with Gasteiger partial charge >= 0.3 is 0 Å². The SMILES string of the molecule is Oc1ccc(Br)cc1-c1nn2c(C3CC3)nnc2s1. The molecule has 0 atom stereocenters. The van der Waals surface area contributed by atoms with Crippen molar-refractivity contribution in [3.05, 3.63) is 28.5 Å². The molecule has 0 spiro atoms. The van der Waals surface area contributed by atoms with Gasteiger partial charge in [-0.3, -0.25) is 0 Å². The highest BCUT2D eigenvalue weighted by Gasteiger charge is 2.30. The van der Waals surface area contributed by atoms with Crippen LogP contribution < -0.4 is 0 Å². The lowest BCUT2D eigenvalue weighted by molar-refractivity contribution is 0.477. The van der Waals surface area contributed by atoms with Crippen LogP contribution in [-0.2, 0) is 0 Å². The monoisotopic (exact) mass is 336 g/mol. The summed E-state index contributed by atoms with van der Waals surface area (Å²) >= 11 is 4.84. The van der Waals surface area contributed by atoms with E-state index < -0.39 is 0 Å². The zero-order valence-electron chi connectivity index (χ0n) is 9.75.